The highest BCUT2D eigenvalue weighted by Gasteiger charge is 2.09. The van der Waals surface area contributed by atoms with Crippen molar-refractivity contribution in [1.82, 2.24) is 19.6 Å². The van der Waals surface area contributed by atoms with E-state index in [1.807, 2.05) is 30.3 Å². The van der Waals surface area contributed by atoms with Gasteiger partial charge in [-0.2, -0.15) is 9.50 Å². The fourth-order valence-corrected chi connectivity index (χ4v) is 2.66. The molecule has 2 heterocycles. The van der Waals surface area contributed by atoms with Gasteiger partial charge in [0.1, 0.15) is 5.82 Å². The Balaban J connectivity index is 1.74. The standard InChI is InChI=1S/C19H16N4O/c1-13-7-9-14(10-8-13)11-17-21-19-20-16(12-18(24)23(19)22-17)15-5-3-2-4-6-15/h2-10,12H,11H2,1H3,(H,20,21,22). The second kappa shape index (κ2) is 5.77. The van der Waals surface area contributed by atoms with Crippen molar-refractivity contribution < 1.29 is 0 Å². The van der Waals surface area contributed by atoms with Gasteiger partial charge >= 0.3 is 0 Å². The lowest BCUT2D eigenvalue weighted by molar-refractivity contribution is 0.863. The molecule has 0 amide bonds. The van der Waals surface area contributed by atoms with Crippen LogP contribution in [0.5, 0.6) is 0 Å². The zero-order valence-corrected chi connectivity index (χ0v) is 13.2. The van der Waals surface area contributed by atoms with Crippen LogP contribution in [0.1, 0.15) is 17.0 Å². The molecule has 118 valence electrons. The van der Waals surface area contributed by atoms with Crippen LogP contribution in [0.4, 0.5) is 0 Å². The van der Waals surface area contributed by atoms with E-state index in [1.54, 1.807) is 0 Å². The van der Waals surface area contributed by atoms with E-state index in [2.05, 4.69) is 46.3 Å². The molecule has 0 spiro atoms. The molecule has 0 unspecified atom stereocenters. The maximum Gasteiger partial charge on any atom is 0.274 e. The summed E-state index contributed by atoms with van der Waals surface area (Å²) in [5.74, 6) is 1.11. The first-order valence-electron chi connectivity index (χ1n) is 7.79. The molecule has 0 aliphatic rings. The Morgan fingerprint density at radius 1 is 1.00 bits per heavy atom. The predicted octanol–water partition coefficient (Wildman–Crippen LogP) is 2.98. The third kappa shape index (κ3) is 2.72. The molecule has 0 saturated heterocycles. The van der Waals surface area contributed by atoms with Gasteiger partial charge in [-0.05, 0) is 12.5 Å². The average molecular weight is 316 g/mol. The summed E-state index contributed by atoms with van der Waals surface area (Å²) in [6.07, 6.45) is 0.629. The second-order valence-electron chi connectivity index (χ2n) is 5.81. The first-order valence-corrected chi connectivity index (χ1v) is 7.79. The van der Waals surface area contributed by atoms with E-state index < -0.39 is 0 Å². The van der Waals surface area contributed by atoms with Crippen molar-refractivity contribution >= 4 is 5.78 Å². The van der Waals surface area contributed by atoms with E-state index in [9.17, 15) is 4.79 Å². The van der Waals surface area contributed by atoms with Gasteiger partial charge in [0.05, 0.1) is 5.69 Å². The minimum Gasteiger partial charge on any atom is -0.275 e. The van der Waals surface area contributed by atoms with E-state index in [0.29, 0.717) is 23.7 Å². The van der Waals surface area contributed by atoms with E-state index >= 15 is 0 Å². The van der Waals surface area contributed by atoms with Crippen molar-refractivity contribution in [2.24, 2.45) is 0 Å². The molecule has 0 bridgehead atoms. The van der Waals surface area contributed by atoms with Crippen molar-refractivity contribution in [2.75, 3.05) is 0 Å². The number of hydrogen-bond donors (Lipinski definition) is 1. The van der Waals surface area contributed by atoms with Crippen molar-refractivity contribution in [2.45, 2.75) is 13.3 Å². The second-order valence-corrected chi connectivity index (χ2v) is 5.81. The first kappa shape index (κ1) is 14.4. The Labute approximate surface area is 138 Å². The van der Waals surface area contributed by atoms with Gasteiger partial charge in [-0.3, -0.25) is 9.89 Å². The van der Waals surface area contributed by atoms with Crippen LogP contribution < -0.4 is 5.56 Å². The van der Waals surface area contributed by atoms with Crippen LogP contribution in [0, 0.1) is 6.92 Å². The van der Waals surface area contributed by atoms with Gasteiger partial charge in [0.2, 0.25) is 0 Å². The molecular formula is C19H16N4O. The number of rotatable bonds is 3. The number of aromatic amines is 1. The first-order chi connectivity index (χ1) is 11.7. The van der Waals surface area contributed by atoms with Crippen LogP contribution in [-0.2, 0) is 6.42 Å². The summed E-state index contributed by atoms with van der Waals surface area (Å²) < 4.78 is 1.38. The van der Waals surface area contributed by atoms with E-state index in [4.69, 9.17) is 0 Å². The summed E-state index contributed by atoms with van der Waals surface area (Å²) in [5.41, 5.74) is 3.72. The van der Waals surface area contributed by atoms with E-state index in [-0.39, 0.29) is 5.56 Å². The molecule has 2 aromatic carbocycles. The van der Waals surface area contributed by atoms with Gasteiger partial charge in [0.15, 0.2) is 0 Å². The fraction of sp³-hybridized carbons (Fsp3) is 0.105. The number of hydrogen-bond acceptors (Lipinski definition) is 3. The fourth-order valence-electron chi connectivity index (χ4n) is 2.66. The van der Waals surface area contributed by atoms with Gasteiger partial charge in [0, 0.05) is 18.1 Å². The minimum atomic E-state index is -0.165. The number of nitrogens with one attached hydrogen (secondary N) is 1. The van der Waals surface area contributed by atoms with Crippen molar-refractivity contribution in [1.29, 1.82) is 0 Å². The van der Waals surface area contributed by atoms with Gasteiger partial charge in [-0.25, -0.2) is 4.98 Å². The normalized spacial score (nSPS) is 11.0. The lowest BCUT2D eigenvalue weighted by atomic mass is 10.1. The molecule has 4 rings (SSSR count). The summed E-state index contributed by atoms with van der Waals surface area (Å²) in [6, 6.07) is 19.4. The van der Waals surface area contributed by atoms with Crippen LogP contribution in [0.2, 0.25) is 0 Å². The minimum absolute atomic E-state index is 0.165. The molecule has 0 atom stereocenters. The van der Waals surface area contributed by atoms with E-state index in [1.165, 1.54) is 16.1 Å². The molecule has 0 radical (unpaired) electrons. The summed E-state index contributed by atoms with van der Waals surface area (Å²) >= 11 is 0. The lowest BCUT2D eigenvalue weighted by Gasteiger charge is -1.99. The molecule has 0 fully saturated rings. The molecule has 1 N–H and O–H groups in total. The summed E-state index contributed by atoms with van der Waals surface area (Å²) in [6.45, 7) is 2.06. The highest BCUT2D eigenvalue weighted by Crippen LogP contribution is 2.15. The number of fused-ring (bicyclic) bond motifs is 1. The molecule has 0 aliphatic heterocycles. The van der Waals surface area contributed by atoms with Gasteiger partial charge in [0.25, 0.3) is 11.3 Å². The lowest BCUT2D eigenvalue weighted by Crippen LogP contribution is -2.14. The number of H-pyrrole nitrogens is 1. The molecule has 2 aromatic heterocycles. The van der Waals surface area contributed by atoms with Crippen molar-refractivity contribution in [3.63, 3.8) is 0 Å². The number of aryl methyl sites for hydroxylation is 1. The molecule has 24 heavy (non-hydrogen) atoms. The monoisotopic (exact) mass is 316 g/mol. The Kier molecular flexibility index (Phi) is 3.46. The van der Waals surface area contributed by atoms with Crippen LogP contribution in [0.3, 0.4) is 0 Å². The average Bonchev–Trinajstić information content (AvgIpc) is 3.01. The Bertz CT molecular complexity index is 1050. The van der Waals surface area contributed by atoms with Crippen LogP contribution in [0.15, 0.2) is 65.5 Å². The highest BCUT2D eigenvalue weighted by molar-refractivity contribution is 5.60. The number of aromatic nitrogens is 4. The molecule has 5 nitrogen and oxygen atoms in total. The molecular weight excluding hydrogens is 300 g/mol. The highest BCUT2D eigenvalue weighted by atomic mass is 16.1. The molecule has 0 aliphatic carbocycles. The zero-order chi connectivity index (χ0) is 16.5. The van der Waals surface area contributed by atoms with Crippen molar-refractivity contribution in [3.05, 3.63) is 88.0 Å². The van der Waals surface area contributed by atoms with Crippen LogP contribution in [-0.4, -0.2) is 19.6 Å². The van der Waals surface area contributed by atoms with Gasteiger partial charge < -0.3 is 0 Å². The number of nitrogens with zero attached hydrogens (tertiary/aromatic N) is 3. The summed E-state index contributed by atoms with van der Waals surface area (Å²) in [4.78, 5) is 21.3. The molecule has 4 aromatic rings. The summed E-state index contributed by atoms with van der Waals surface area (Å²) in [5, 5.41) is 3.04. The van der Waals surface area contributed by atoms with Gasteiger partial charge in [-0.15, -0.1) is 0 Å². The zero-order valence-electron chi connectivity index (χ0n) is 13.2. The predicted molar refractivity (Wildman–Crippen MR) is 93.0 cm³/mol. The molecule has 5 heteroatoms. The smallest absolute Gasteiger partial charge is 0.274 e. The maximum absolute atomic E-state index is 12.3. The Hall–Kier alpha value is -3.21. The number of benzene rings is 2. The Morgan fingerprint density at radius 3 is 2.50 bits per heavy atom. The molecule has 0 saturated carbocycles. The largest absolute Gasteiger partial charge is 0.275 e. The van der Waals surface area contributed by atoms with Crippen LogP contribution in [0.25, 0.3) is 17.0 Å². The quantitative estimate of drug-likeness (QED) is 0.632. The Morgan fingerprint density at radius 2 is 1.75 bits per heavy atom. The van der Waals surface area contributed by atoms with Crippen molar-refractivity contribution in [3.8, 4) is 11.3 Å². The van der Waals surface area contributed by atoms with Gasteiger partial charge in [-0.1, -0.05) is 60.2 Å². The maximum atomic E-state index is 12.3. The topological polar surface area (TPSA) is 63.1 Å². The third-order valence-electron chi connectivity index (χ3n) is 3.94. The van der Waals surface area contributed by atoms with Crippen LogP contribution >= 0.6 is 0 Å². The third-order valence-corrected chi connectivity index (χ3v) is 3.94. The van der Waals surface area contributed by atoms with E-state index in [0.717, 1.165) is 11.1 Å². The summed E-state index contributed by atoms with van der Waals surface area (Å²) in [7, 11) is 0. The SMILES string of the molecule is Cc1ccc(Cc2nc3nc(-c4ccccc4)cc(=O)n3[nH]2)cc1.